The Hall–Kier alpha value is -2.16. The Kier molecular flexibility index (Phi) is 17.9. The Balaban J connectivity index is 0.993. The molecule has 29 atom stereocenters. The van der Waals surface area contributed by atoms with Gasteiger partial charge in [-0.1, -0.05) is 46.3 Å². The standard InChI is InChI=1S/C55H88O25/c1-50(2)29-10-13-54(6)30(9-8-23-24-18-51(3,48(70)72-7)14-16-55(24,17-15-53(23,54)5)49(71)80-46-40(68)37(65)34(62)27(21-58)75-46)52(29,4)12-11-31(50)77-47-43(79-45-39(67)36(64)33(61)26(20-57)74-45)41(69)42(28(22-59)76-47)78-44-38(66)35(63)32(60)25(19-56)73-44/h8,24-47,56-69H,9-22H2,1-7H3/t24?,25-,26-,27-,28-,29?,30?,31+,32-,33-,34-,35+,36+,37+,38-,39-,40-,41+,42-,43-,44+,45+,46+,47+,51+,52+,53-,54-,55+/m1/s1. The molecule has 14 N–H and O–H groups in total. The van der Waals surface area contributed by atoms with Crippen molar-refractivity contribution in [2.45, 2.75) is 235 Å². The zero-order valence-electron chi connectivity index (χ0n) is 46.6. The van der Waals surface area contributed by atoms with Crippen LogP contribution in [0.4, 0.5) is 0 Å². The molecule has 0 aromatic carbocycles. The lowest BCUT2D eigenvalue weighted by molar-refractivity contribution is -0.395. The molecule has 458 valence electrons. The molecule has 0 aromatic rings. The van der Waals surface area contributed by atoms with E-state index in [1.807, 2.05) is 6.92 Å². The fraction of sp³-hybridized carbons (Fsp3) is 0.927. The van der Waals surface area contributed by atoms with Crippen LogP contribution < -0.4 is 0 Å². The van der Waals surface area contributed by atoms with E-state index < -0.39 is 195 Å². The summed E-state index contributed by atoms with van der Waals surface area (Å²) in [6, 6.07) is 0. The number of aliphatic hydroxyl groups is 14. The SMILES string of the molecule is COC(=O)[C@@]1(C)CC[C@]2(C(=O)O[C@@H]3O[C@H](CO)[C@@H](O)[C@H](O)[C@H]3O)CC[C@]3(C)C(=CCC4[C@@]5(C)CC[C@H](O[C@@H]6O[C@H](CO)[C@@H](O[C@@H]7O[C@H](CO)[C@@H](O)[C@H](O)[C@H]7O)[C@H](O)[C@H]6O[C@@H]6O[C@H](CO)[C@@H](O)[C@H](O)[C@H]6O)C(C)(C)C5CC[C@]43C)C2C1. The average Bonchev–Trinajstić information content (AvgIpc) is 3.62. The summed E-state index contributed by atoms with van der Waals surface area (Å²) in [5.41, 5.74) is -2.91. The molecule has 25 heteroatoms. The van der Waals surface area contributed by atoms with Gasteiger partial charge in [-0.15, -0.1) is 0 Å². The maximum atomic E-state index is 14.9. The summed E-state index contributed by atoms with van der Waals surface area (Å²) in [6.07, 6.45) is -27.3. The number of fused-ring (bicyclic) bond motifs is 7. The second-order valence-electron chi connectivity index (χ2n) is 26.2. The van der Waals surface area contributed by atoms with Gasteiger partial charge >= 0.3 is 11.9 Å². The fourth-order valence-electron chi connectivity index (χ4n) is 16.8. The topological polar surface area (TPSA) is 400 Å². The van der Waals surface area contributed by atoms with Crippen molar-refractivity contribution in [1.82, 2.24) is 0 Å². The van der Waals surface area contributed by atoms with Crippen molar-refractivity contribution in [3.63, 3.8) is 0 Å². The first-order chi connectivity index (χ1) is 37.6. The van der Waals surface area contributed by atoms with Gasteiger partial charge in [0, 0.05) is 0 Å². The van der Waals surface area contributed by atoms with Gasteiger partial charge in [0.2, 0.25) is 6.29 Å². The normalized spacial score (nSPS) is 53.0. The maximum absolute atomic E-state index is 14.9. The summed E-state index contributed by atoms with van der Waals surface area (Å²) in [7, 11) is 1.34. The van der Waals surface area contributed by atoms with Crippen LogP contribution in [0.25, 0.3) is 0 Å². The molecule has 8 fully saturated rings. The largest absolute Gasteiger partial charge is 0.469 e. The molecule has 4 heterocycles. The number of rotatable bonds is 13. The number of hydrogen-bond acceptors (Lipinski definition) is 25. The van der Waals surface area contributed by atoms with Crippen molar-refractivity contribution in [1.29, 1.82) is 0 Å². The first kappa shape index (κ1) is 62.4. The van der Waals surface area contributed by atoms with Crippen LogP contribution >= 0.6 is 0 Å². The molecule has 0 amide bonds. The van der Waals surface area contributed by atoms with Gasteiger partial charge in [-0.25, -0.2) is 0 Å². The Morgan fingerprint density at radius 1 is 0.525 bits per heavy atom. The highest BCUT2D eigenvalue weighted by Crippen LogP contribution is 2.76. The summed E-state index contributed by atoms with van der Waals surface area (Å²) >= 11 is 0. The zero-order chi connectivity index (χ0) is 58.6. The van der Waals surface area contributed by atoms with Crippen molar-refractivity contribution in [2.75, 3.05) is 33.5 Å². The lowest BCUT2D eigenvalue weighted by Gasteiger charge is -2.71. The number of carbonyl (C=O) groups excluding carboxylic acids is 2. The third-order valence-corrected chi connectivity index (χ3v) is 21.9. The third kappa shape index (κ3) is 9.93. The van der Waals surface area contributed by atoms with Gasteiger partial charge in [-0.3, -0.25) is 9.59 Å². The van der Waals surface area contributed by atoms with Gasteiger partial charge in [0.1, 0.15) is 97.7 Å². The van der Waals surface area contributed by atoms with E-state index in [1.54, 1.807) is 0 Å². The van der Waals surface area contributed by atoms with Crippen LogP contribution in [0.2, 0.25) is 0 Å². The van der Waals surface area contributed by atoms with E-state index in [0.717, 1.165) is 18.4 Å². The highest BCUT2D eigenvalue weighted by Gasteiger charge is 2.71. The van der Waals surface area contributed by atoms with Crippen molar-refractivity contribution in [3.05, 3.63) is 11.6 Å². The van der Waals surface area contributed by atoms with E-state index in [2.05, 4.69) is 40.7 Å². The van der Waals surface area contributed by atoms with Crippen LogP contribution in [-0.4, -0.2) is 246 Å². The van der Waals surface area contributed by atoms with Crippen LogP contribution in [0.3, 0.4) is 0 Å². The first-order valence-corrected chi connectivity index (χ1v) is 28.4. The van der Waals surface area contributed by atoms with E-state index in [1.165, 1.54) is 7.11 Å². The first-order valence-electron chi connectivity index (χ1n) is 28.4. The molecule has 0 aromatic heterocycles. The van der Waals surface area contributed by atoms with Crippen molar-refractivity contribution in [2.24, 2.45) is 50.2 Å². The van der Waals surface area contributed by atoms with Gasteiger partial charge in [0.25, 0.3) is 0 Å². The van der Waals surface area contributed by atoms with Crippen molar-refractivity contribution >= 4 is 11.9 Å². The Morgan fingerprint density at radius 3 is 1.56 bits per heavy atom. The predicted octanol–water partition coefficient (Wildman–Crippen LogP) is -2.88. The maximum Gasteiger partial charge on any atom is 0.315 e. The van der Waals surface area contributed by atoms with E-state index >= 15 is 0 Å². The molecule has 0 radical (unpaired) electrons. The molecule has 4 aliphatic heterocycles. The number of carbonyl (C=O) groups is 2. The minimum absolute atomic E-state index is 0.00639. The highest BCUT2D eigenvalue weighted by atomic mass is 16.8. The summed E-state index contributed by atoms with van der Waals surface area (Å²) < 4.78 is 53.8. The fourth-order valence-corrected chi connectivity index (χ4v) is 16.8. The van der Waals surface area contributed by atoms with Gasteiger partial charge < -0.3 is 114 Å². The number of methoxy groups -OCH3 is 1. The van der Waals surface area contributed by atoms with Gasteiger partial charge in [-0.2, -0.15) is 0 Å². The number of allylic oxidation sites excluding steroid dienone is 2. The van der Waals surface area contributed by atoms with E-state index in [4.69, 9.17) is 42.6 Å². The van der Waals surface area contributed by atoms with E-state index in [-0.39, 0.29) is 35.5 Å². The molecule has 80 heavy (non-hydrogen) atoms. The van der Waals surface area contributed by atoms with Crippen LogP contribution in [-0.2, 0) is 52.2 Å². The van der Waals surface area contributed by atoms with Crippen LogP contribution in [0.5, 0.6) is 0 Å². The molecule has 3 unspecified atom stereocenters. The summed E-state index contributed by atoms with van der Waals surface area (Å²) in [5, 5.41) is 149. The third-order valence-electron chi connectivity index (χ3n) is 21.9. The molecule has 0 spiro atoms. The van der Waals surface area contributed by atoms with Crippen molar-refractivity contribution in [3.8, 4) is 0 Å². The number of aliphatic hydroxyl groups excluding tert-OH is 14. The highest BCUT2D eigenvalue weighted by molar-refractivity contribution is 5.81. The van der Waals surface area contributed by atoms with Gasteiger partial charge in [0.05, 0.1) is 50.5 Å². The van der Waals surface area contributed by atoms with E-state index in [9.17, 15) is 81.1 Å². The summed E-state index contributed by atoms with van der Waals surface area (Å²) in [4.78, 5) is 28.5. The molecule has 9 aliphatic rings. The summed E-state index contributed by atoms with van der Waals surface area (Å²) in [5.74, 6) is -1.49. The molecule has 0 bridgehead atoms. The van der Waals surface area contributed by atoms with Crippen molar-refractivity contribution < 1.29 is 124 Å². The molecule has 4 saturated heterocycles. The minimum atomic E-state index is -1.93. The lowest BCUT2D eigenvalue weighted by atomic mass is 9.33. The van der Waals surface area contributed by atoms with Gasteiger partial charge in [0.15, 0.2) is 18.9 Å². The smallest absolute Gasteiger partial charge is 0.315 e. The summed E-state index contributed by atoms with van der Waals surface area (Å²) in [6.45, 7) is 9.86. The number of ether oxygens (including phenoxy) is 9. The van der Waals surface area contributed by atoms with E-state index in [0.29, 0.717) is 38.5 Å². The molecule has 9 rings (SSSR count). The molecular formula is C55H88O25. The molecule has 25 nitrogen and oxygen atoms in total. The number of hydrogen-bond donors (Lipinski definition) is 14. The molecule has 4 saturated carbocycles. The Bertz CT molecular complexity index is 2230. The van der Waals surface area contributed by atoms with Crippen LogP contribution in [0.15, 0.2) is 11.6 Å². The molecule has 5 aliphatic carbocycles. The van der Waals surface area contributed by atoms with Gasteiger partial charge in [-0.05, 0) is 111 Å². The quantitative estimate of drug-likeness (QED) is 0.0500. The zero-order valence-corrected chi connectivity index (χ0v) is 46.6. The Morgan fingerprint density at radius 2 is 1.02 bits per heavy atom. The minimum Gasteiger partial charge on any atom is -0.469 e. The monoisotopic (exact) mass is 1150 g/mol. The lowest BCUT2D eigenvalue weighted by Crippen LogP contribution is -2.68. The second-order valence-corrected chi connectivity index (χ2v) is 26.2. The molecular weight excluding hydrogens is 1060 g/mol. The van der Waals surface area contributed by atoms with Crippen LogP contribution in [0.1, 0.15) is 106 Å². The predicted molar refractivity (Wildman–Crippen MR) is 269 cm³/mol. The van der Waals surface area contributed by atoms with Crippen LogP contribution in [0, 0.1) is 50.2 Å². The average molecular weight is 1150 g/mol. The Labute approximate surface area is 464 Å². The second kappa shape index (κ2) is 22.9. The number of esters is 2.